The molecule has 0 spiro atoms. The molecule has 0 aromatic carbocycles. The molecule has 2 aliphatic heterocycles. The summed E-state index contributed by atoms with van der Waals surface area (Å²) in [5.41, 5.74) is 12.3. The summed E-state index contributed by atoms with van der Waals surface area (Å²) in [7, 11) is 0. The second kappa shape index (κ2) is 10.0. The fourth-order valence-electron chi connectivity index (χ4n) is 4.12. The number of hydrogen-bond acceptors (Lipinski definition) is 11. The molecule has 2 aliphatic rings. The largest absolute Gasteiger partial charge is 0.394 e. The maximum Gasteiger partial charge on any atom is 0.239 e. The highest BCUT2D eigenvalue weighted by atomic mass is 16.5. The molecule has 0 unspecified atom stereocenters. The highest BCUT2D eigenvalue weighted by Gasteiger charge is 2.41. The van der Waals surface area contributed by atoms with Crippen molar-refractivity contribution in [1.82, 2.24) is 24.8 Å². The summed E-state index contributed by atoms with van der Waals surface area (Å²) in [6.45, 7) is 7.05. The molecule has 6 N–H and O–H groups in total. The maximum absolute atomic E-state index is 12.8. The number of amides is 1. The predicted molar refractivity (Wildman–Crippen MR) is 128 cm³/mol. The van der Waals surface area contributed by atoms with Gasteiger partial charge >= 0.3 is 0 Å². The summed E-state index contributed by atoms with van der Waals surface area (Å²) in [5, 5.41) is 13.7. The maximum atomic E-state index is 12.8. The summed E-state index contributed by atoms with van der Waals surface area (Å²) >= 11 is 0. The second-order valence-electron chi connectivity index (χ2n) is 9.21. The number of nitrogens with one attached hydrogen (secondary N) is 1. The van der Waals surface area contributed by atoms with Crippen LogP contribution in [-0.2, 0) is 9.53 Å². The van der Waals surface area contributed by atoms with E-state index in [4.69, 9.17) is 26.2 Å². The van der Waals surface area contributed by atoms with Gasteiger partial charge in [-0.1, -0.05) is 13.8 Å². The number of hydrogen-bond donors (Lipinski definition) is 4. The van der Waals surface area contributed by atoms with E-state index < -0.39 is 11.6 Å². The van der Waals surface area contributed by atoms with Crippen LogP contribution in [-0.4, -0.2) is 93.4 Å². The van der Waals surface area contributed by atoms with Gasteiger partial charge in [-0.05, 0) is 12.3 Å². The van der Waals surface area contributed by atoms with Crippen LogP contribution in [0.2, 0.25) is 0 Å². The molecule has 2 fully saturated rings. The third kappa shape index (κ3) is 5.18. The quantitative estimate of drug-likeness (QED) is 0.418. The first-order valence-electron chi connectivity index (χ1n) is 11.5. The highest BCUT2D eigenvalue weighted by molar-refractivity contribution is 5.82. The molecule has 0 saturated carbocycles. The molecule has 4 rings (SSSR count). The van der Waals surface area contributed by atoms with Crippen LogP contribution in [0.4, 0.5) is 17.7 Å². The molecule has 12 nitrogen and oxygen atoms in total. The molecule has 1 amide bonds. The fourth-order valence-corrected chi connectivity index (χ4v) is 4.12. The summed E-state index contributed by atoms with van der Waals surface area (Å²) in [6, 6.07) is 1.22. The number of aromatic nitrogens is 4. The van der Waals surface area contributed by atoms with Gasteiger partial charge < -0.3 is 36.4 Å². The monoisotopic (exact) mass is 471 g/mol. The molecule has 2 aromatic rings. The zero-order valence-electron chi connectivity index (χ0n) is 19.6. The number of nitrogens with zero attached hydrogens (tertiary/aromatic N) is 6. The van der Waals surface area contributed by atoms with Gasteiger partial charge in [-0.2, -0.15) is 4.98 Å². The van der Waals surface area contributed by atoms with Gasteiger partial charge in [-0.25, -0.2) is 15.0 Å². The Bertz CT molecular complexity index is 998. The molecule has 4 heterocycles. The predicted octanol–water partition coefficient (Wildman–Crippen LogP) is -0.289. The van der Waals surface area contributed by atoms with Gasteiger partial charge in [0.2, 0.25) is 17.8 Å². The van der Waals surface area contributed by atoms with Crippen molar-refractivity contribution in [2.75, 3.05) is 62.0 Å². The molecule has 0 bridgehead atoms. The minimum absolute atomic E-state index is 0.0345. The Kier molecular flexibility index (Phi) is 7.10. The summed E-state index contributed by atoms with van der Waals surface area (Å²) in [5.74, 6) is 1.19. The SMILES string of the molecule is CC(C)[C@H](N)C(=O)N1CC[C@](CO)(Nc2cc(-c3cnc(N)nc3)nc(N3CCOCC3)n2)C1. The summed E-state index contributed by atoms with van der Waals surface area (Å²) in [6.07, 6.45) is 3.79. The average molecular weight is 472 g/mol. The number of likely N-dealkylation sites (tertiary alicyclic amines) is 1. The molecule has 34 heavy (non-hydrogen) atoms. The van der Waals surface area contributed by atoms with Gasteiger partial charge in [0.1, 0.15) is 5.82 Å². The van der Waals surface area contributed by atoms with E-state index >= 15 is 0 Å². The van der Waals surface area contributed by atoms with Crippen molar-refractivity contribution in [2.24, 2.45) is 11.7 Å². The van der Waals surface area contributed by atoms with E-state index in [-0.39, 0.29) is 24.4 Å². The number of ether oxygens (including phenoxy) is 1. The Morgan fingerprint density at radius 2 is 1.94 bits per heavy atom. The minimum atomic E-state index is -0.738. The van der Waals surface area contributed by atoms with Gasteiger partial charge in [-0.3, -0.25) is 4.79 Å². The Morgan fingerprint density at radius 3 is 2.59 bits per heavy atom. The molecule has 2 atom stereocenters. The molecular formula is C22H33N9O3. The van der Waals surface area contributed by atoms with Gasteiger partial charge in [-0.15, -0.1) is 0 Å². The molecule has 12 heteroatoms. The molecule has 2 aromatic heterocycles. The van der Waals surface area contributed by atoms with Crippen LogP contribution >= 0.6 is 0 Å². The molecule has 0 radical (unpaired) electrons. The van der Waals surface area contributed by atoms with E-state index in [9.17, 15) is 9.90 Å². The van der Waals surface area contributed by atoms with Crippen LogP contribution in [0.15, 0.2) is 18.5 Å². The van der Waals surface area contributed by atoms with Crippen molar-refractivity contribution < 1.29 is 14.6 Å². The zero-order chi connectivity index (χ0) is 24.3. The normalized spacial score (nSPS) is 21.7. The smallest absolute Gasteiger partial charge is 0.239 e. The lowest BCUT2D eigenvalue weighted by molar-refractivity contribution is -0.132. The third-order valence-corrected chi connectivity index (χ3v) is 6.34. The highest BCUT2D eigenvalue weighted by Crippen LogP contribution is 2.29. The van der Waals surface area contributed by atoms with Crippen molar-refractivity contribution in [3.63, 3.8) is 0 Å². The number of aliphatic hydroxyl groups excluding tert-OH is 1. The van der Waals surface area contributed by atoms with Gasteiger partial charge in [0.05, 0.1) is 37.1 Å². The van der Waals surface area contributed by atoms with Crippen LogP contribution in [0.5, 0.6) is 0 Å². The number of anilines is 3. The lowest BCUT2D eigenvalue weighted by atomic mass is 9.99. The van der Waals surface area contributed by atoms with Crippen LogP contribution in [0.3, 0.4) is 0 Å². The van der Waals surface area contributed by atoms with E-state index in [1.165, 1.54) is 0 Å². The lowest BCUT2D eigenvalue weighted by Crippen LogP contribution is -2.50. The molecular weight excluding hydrogens is 438 g/mol. The van der Waals surface area contributed by atoms with Crippen molar-refractivity contribution in [2.45, 2.75) is 31.8 Å². The first kappa shape index (κ1) is 24.0. The second-order valence-corrected chi connectivity index (χ2v) is 9.21. The van der Waals surface area contributed by atoms with Crippen LogP contribution in [0.25, 0.3) is 11.3 Å². The Labute approximate surface area is 198 Å². The lowest BCUT2D eigenvalue weighted by Gasteiger charge is -2.31. The standard InChI is InChI=1S/C22H33N9O3/c1-14(2)18(23)19(33)31-4-3-22(12-31,13-32)29-17-9-16(15-10-25-20(24)26-11-15)27-21(28-17)30-5-7-34-8-6-30/h9-11,14,18,32H,3-8,12-13,23H2,1-2H3,(H2,24,25,26)(H,27,28,29)/t18-,22-/m0/s1. The molecule has 184 valence electrons. The van der Waals surface area contributed by atoms with E-state index in [2.05, 4.69) is 15.3 Å². The number of carbonyl (C=O) groups excluding carboxylic acids is 1. The van der Waals surface area contributed by atoms with Crippen molar-refractivity contribution >= 4 is 23.6 Å². The number of nitrogen functional groups attached to an aromatic ring is 1. The summed E-state index contributed by atoms with van der Waals surface area (Å²) in [4.78, 5) is 34.2. The molecule has 0 aliphatic carbocycles. The van der Waals surface area contributed by atoms with Crippen LogP contribution in [0, 0.1) is 5.92 Å². The van der Waals surface area contributed by atoms with Crippen molar-refractivity contribution in [3.8, 4) is 11.3 Å². The Balaban J connectivity index is 1.62. The van der Waals surface area contributed by atoms with Crippen molar-refractivity contribution in [3.05, 3.63) is 18.5 Å². The third-order valence-electron chi connectivity index (χ3n) is 6.34. The number of carbonyl (C=O) groups is 1. The number of rotatable bonds is 7. The number of morpholine rings is 1. The van der Waals surface area contributed by atoms with E-state index in [0.29, 0.717) is 68.8 Å². The van der Waals surface area contributed by atoms with Crippen molar-refractivity contribution in [1.29, 1.82) is 0 Å². The first-order chi connectivity index (χ1) is 16.3. The fraction of sp³-hybridized carbons (Fsp3) is 0.591. The average Bonchev–Trinajstić information content (AvgIpc) is 3.28. The summed E-state index contributed by atoms with van der Waals surface area (Å²) < 4.78 is 5.46. The van der Waals surface area contributed by atoms with E-state index in [0.717, 1.165) is 0 Å². The number of aliphatic hydroxyl groups is 1. The van der Waals surface area contributed by atoms with Gasteiger partial charge in [0.25, 0.3) is 0 Å². The van der Waals surface area contributed by atoms with E-state index in [1.807, 2.05) is 18.7 Å². The van der Waals surface area contributed by atoms with Gasteiger partial charge in [0.15, 0.2) is 0 Å². The Hall–Kier alpha value is -3.09. The van der Waals surface area contributed by atoms with Crippen LogP contribution < -0.4 is 21.7 Å². The van der Waals surface area contributed by atoms with Crippen LogP contribution in [0.1, 0.15) is 20.3 Å². The van der Waals surface area contributed by atoms with Gasteiger partial charge in [0, 0.05) is 50.2 Å². The first-order valence-corrected chi connectivity index (χ1v) is 11.5. The number of nitrogens with two attached hydrogens (primary N) is 2. The topological polar surface area (TPSA) is 169 Å². The molecule has 2 saturated heterocycles. The zero-order valence-corrected chi connectivity index (χ0v) is 19.6. The minimum Gasteiger partial charge on any atom is -0.394 e. The Morgan fingerprint density at radius 1 is 1.24 bits per heavy atom. The van der Waals surface area contributed by atoms with E-state index in [1.54, 1.807) is 23.4 Å².